The largest absolute Gasteiger partial charge is 0.478 e. The number of hydrogen-bond donors (Lipinski definition) is 4. The molecule has 1 aliphatic heterocycles. The maximum atomic E-state index is 12.6. The average Bonchev–Trinajstić information content (AvgIpc) is 3.89. The molecule has 0 atom stereocenters. The standard InChI is InChI=1S/C20H21ClN6O3S.C15H10N4O3S/c1-11-12(8-22-20(24-11)27-6-4-3-5-7-27)14-10-31-18(15(14)19(29)30)25-17(28)13-9-23-26(2)16(13)21;20-13(9-1-3-16-4-2-9)19-14-12(15(21)22)10(8-23-14)11-7-17-5-6-18-11/h8-10H,3-7H2,1-2H3,(H,25,28)(H,29,30);1-8H,(H,19,20)(H,21,22). The molecule has 1 saturated heterocycles. The number of nitrogens with zero attached hydrogens (tertiary/aromatic N) is 8. The van der Waals surface area contributed by atoms with Gasteiger partial charge in [0.2, 0.25) is 5.95 Å². The summed E-state index contributed by atoms with van der Waals surface area (Å²) in [7, 11) is 1.61. The van der Waals surface area contributed by atoms with Gasteiger partial charge in [-0.05, 0) is 38.3 Å². The summed E-state index contributed by atoms with van der Waals surface area (Å²) in [6, 6.07) is 3.10. The lowest BCUT2D eigenvalue weighted by Gasteiger charge is -2.26. The molecule has 7 rings (SSSR count). The van der Waals surface area contributed by atoms with Crippen LogP contribution >= 0.6 is 34.3 Å². The van der Waals surface area contributed by atoms with Crippen molar-refractivity contribution in [3.8, 4) is 22.4 Å². The first-order valence-electron chi connectivity index (χ1n) is 16.3. The van der Waals surface area contributed by atoms with Gasteiger partial charge in [0.15, 0.2) is 0 Å². The van der Waals surface area contributed by atoms with Gasteiger partial charge in [-0.15, -0.1) is 22.7 Å². The Labute approximate surface area is 320 Å². The van der Waals surface area contributed by atoms with E-state index in [9.17, 15) is 29.4 Å². The highest BCUT2D eigenvalue weighted by molar-refractivity contribution is 7.15. The average molecular weight is 787 g/mol. The fraction of sp³-hybridized carbons (Fsp3) is 0.200. The van der Waals surface area contributed by atoms with Crippen LogP contribution in [0, 0.1) is 6.92 Å². The van der Waals surface area contributed by atoms with Crippen LogP contribution in [0.25, 0.3) is 22.4 Å². The van der Waals surface area contributed by atoms with Crippen molar-refractivity contribution in [3.63, 3.8) is 0 Å². The van der Waals surface area contributed by atoms with E-state index in [2.05, 4.69) is 45.6 Å². The third-order valence-electron chi connectivity index (χ3n) is 8.25. The summed E-state index contributed by atoms with van der Waals surface area (Å²) < 4.78 is 1.36. The molecule has 6 aromatic heterocycles. The van der Waals surface area contributed by atoms with Crippen molar-refractivity contribution in [1.82, 2.24) is 34.7 Å². The Bertz CT molecular complexity index is 2330. The number of amides is 2. The molecule has 0 aromatic carbocycles. The number of piperidine rings is 1. The number of carbonyl (C=O) groups is 4. The predicted octanol–water partition coefficient (Wildman–Crippen LogP) is 6.39. The zero-order valence-corrected chi connectivity index (χ0v) is 31.1. The maximum Gasteiger partial charge on any atom is 0.339 e. The lowest BCUT2D eigenvalue weighted by molar-refractivity contribution is 0.0688. The molecule has 276 valence electrons. The third-order valence-corrected chi connectivity index (χ3v) is 10.5. The minimum Gasteiger partial charge on any atom is -0.478 e. The Morgan fingerprint density at radius 1 is 0.778 bits per heavy atom. The van der Waals surface area contributed by atoms with Crippen molar-refractivity contribution in [2.24, 2.45) is 7.05 Å². The van der Waals surface area contributed by atoms with Crippen molar-refractivity contribution in [1.29, 1.82) is 0 Å². The van der Waals surface area contributed by atoms with Crippen LogP contribution < -0.4 is 15.5 Å². The number of carbonyl (C=O) groups excluding carboxylic acids is 2. The molecule has 2 amide bonds. The van der Waals surface area contributed by atoms with Gasteiger partial charge in [-0.2, -0.15) is 5.10 Å². The number of aromatic nitrogens is 7. The summed E-state index contributed by atoms with van der Waals surface area (Å²) in [6.45, 7) is 3.68. The first-order chi connectivity index (χ1) is 26.0. The Morgan fingerprint density at radius 2 is 1.43 bits per heavy atom. The fourth-order valence-corrected chi connectivity index (χ4v) is 7.61. The van der Waals surface area contributed by atoms with Crippen LogP contribution in [0.15, 0.2) is 66.3 Å². The van der Waals surface area contributed by atoms with E-state index in [1.165, 1.54) is 48.3 Å². The van der Waals surface area contributed by atoms with Crippen LogP contribution in [0.4, 0.5) is 16.0 Å². The van der Waals surface area contributed by atoms with Gasteiger partial charge in [0.1, 0.15) is 26.3 Å². The molecule has 0 bridgehead atoms. The summed E-state index contributed by atoms with van der Waals surface area (Å²) in [6.07, 6.45) is 13.9. The zero-order valence-electron chi connectivity index (χ0n) is 28.7. The van der Waals surface area contributed by atoms with Crippen LogP contribution in [0.3, 0.4) is 0 Å². The van der Waals surface area contributed by atoms with Crippen LogP contribution in [0.2, 0.25) is 5.15 Å². The van der Waals surface area contributed by atoms with Gasteiger partial charge >= 0.3 is 11.9 Å². The minimum absolute atomic E-state index is 0.00194. The Balaban J connectivity index is 0.000000193. The number of thiophene rings is 2. The second-order valence-corrected chi connectivity index (χ2v) is 13.9. The van der Waals surface area contributed by atoms with Crippen LogP contribution in [0.1, 0.15) is 66.4 Å². The molecule has 0 radical (unpaired) electrons. The highest BCUT2D eigenvalue weighted by atomic mass is 35.5. The van der Waals surface area contributed by atoms with Crippen LogP contribution in [0.5, 0.6) is 0 Å². The molecule has 19 heteroatoms. The van der Waals surface area contributed by atoms with E-state index in [0.717, 1.165) is 48.6 Å². The van der Waals surface area contributed by atoms with Crippen LogP contribution in [-0.2, 0) is 7.05 Å². The van der Waals surface area contributed by atoms with Gasteiger partial charge in [0, 0.05) is 84.1 Å². The molecule has 0 aliphatic carbocycles. The monoisotopic (exact) mass is 786 g/mol. The highest BCUT2D eigenvalue weighted by Crippen LogP contribution is 2.38. The molecule has 7 heterocycles. The molecule has 1 aliphatic rings. The number of halogens is 1. The van der Waals surface area contributed by atoms with Crippen molar-refractivity contribution in [3.05, 3.63) is 99.4 Å². The molecule has 0 spiro atoms. The van der Waals surface area contributed by atoms with Gasteiger partial charge in [-0.3, -0.25) is 29.2 Å². The van der Waals surface area contributed by atoms with Crippen molar-refractivity contribution < 1.29 is 29.4 Å². The van der Waals surface area contributed by atoms with E-state index in [4.69, 9.17) is 11.6 Å². The second-order valence-electron chi connectivity index (χ2n) is 11.7. The van der Waals surface area contributed by atoms with E-state index >= 15 is 0 Å². The van der Waals surface area contributed by atoms with E-state index < -0.39 is 23.8 Å². The van der Waals surface area contributed by atoms with Gasteiger partial charge in [0.05, 0.1) is 29.3 Å². The Hall–Kier alpha value is -6.11. The lowest BCUT2D eigenvalue weighted by Crippen LogP contribution is -2.31. The van der Waals surface area contributed by atoms with Gasteiger partial charge in [-0.1, -0.05) is 11.6 Å². The summed E-state index contributed by atoms with van der Waals surface area (Å²) in [4.78, 5) is 71.5. The van der Waals surface area contributed by atoms with Gasteiger partial charge in [0.25, 0.3) is 11.8 Å². The summed E-state index contributed by atoms with van der Waals surface area (Å²) >= 11 is 8.33. The normalized spacial score (nSPS) is 12.4. The molecule has 0 unspecified atom stereocenters. The number of anilines is 3. The van der Waals surface area contributed by atoms with Crippen molar-refractivity contribution in [2.75, 3.05) is 28.6 Å². The predicted molar refractivity (Wildman–Crippen MR) is 204 cm³/mol. The maximum absolute atomic E-state index is 12.6. The van der Waals surface area contributed by atoms with E-state index in [1.54, 1.807) is 36.1 Å². The van der Waals surface area contributed by atoms with E-state index in [0.29, 0.717) is 39.6 Å². The summed E-state index contributed by atoms with van der Waals surface area (Å²) in [5.41, 5.74) is 3.18. The lowest BCUT2D eigenvalue weighted by atomic mass is 10.0. The minimum atomic E-state index is -1.15. The summed E-state index contributed by atoms with van der Waals surface area (Å²) in [5, 5.41) is 32.5. The Kier molecular flexibility index (Phi) is 11.6. The van der Waals surface area contributed by atoms with Crippen molar-refractivity contribution in [2.45, 2.75) is 26.2 Å². The molecular formula is C35H31ClN10O6S2. The third kappa shape index (κ3) is 8.25. The molecule has 16 nitrogen and oxygen atoms in total. The SMILES string of the molecule is Cc1nc(N2CCCCC2)ncc1-c1csc(NC(=O)c2cnn(C)c2Cl)c1C(=O)O.O=C(Nc1scc(-c2cnccn2)c1C(=O)O)c1ccncc1. The van der Waals surface area contributed by atoms with E-state index in [-0.39, 0.29) is 31.8 Å². The smallest absolute Gasteiger partial charge is 0.339 e. The van der Waals surface area contributed by atoms with Crippen molar-refractivity contribution >= 4 is 74.0 Å². The first-order valence-corrected chi connectivity index (χ1v) is 18.4. The number of pyridine rings is 1. The number of carboxylic acid groups (broad SMARTS) is 2. The Morgan fingerprint density at radius 3 is 2.02 bits per heavy atom. The number of rotatable bonds is 9. The summed E-state index contributed by atoms with van der Waals surface area (Å²) in [5.74, 6) is -2.56. The quantitative estimate of drug-likeness (QED) is 0.125. The van der Waals surface area contributed by atoms with Gasteiger partial charge < -0.3 is 25.7 Å². The number of carboxylic acids is 2. The molecule has 54 heavy (non-hydrogen) atoms. The molecule has 1 fully saturated rings. The highest BCUT2D eigenvalue weighted by Gasteiger charge is 2.26. The first kappa shape index (κ1) is 37.6. The second kappa shape index (κ2) is 16.7. The molecular weight excluding hydrogens is 756 g/mol. The molecule has 0 saturated carbocycles. The number of nitrogens with one attached hydrogen (secondary N) is 2. The molecule has 6 aromatic rings. The van der Waals surface area contributed by atoms with Crippen LogP contribution in [-0.4, -0.2) is 81.8 Å². The number of hydrogen-bond acceptors (Lipinski definition) is 13. The van der Waals surface area contributed by atoms with E-state index in [1.807, 2.05) is 6.92 Å². The van der Waals surface area contributed by atoms with Gasteiger partial charge in [-0.25, -0.2) is 19.6 Å². The fourth-order valence-electron chi connectivity index (χ4n) is 5.54. The number of aromatic carboxylic acids is 2. The molecule has 4 N–H and O–H groups in total. The zero-order chi connectivity index (χ0) is 38.4. The topological polar surface area (TPSA) is 218 Å². The number of aryl methyl sites for hydroxylation is 2.